The van der Waals surface area contributed by atoms with Gasteiger partial charge in [0.1, 0.15) is 5.82 Å². The maximum absolute atomic E-state index is 12.7. The summed E-state index contributed by atoms with van der Waals surface area (Å²) >= 11 is 11.1. The van der Waals surface area contributed by atoms with Gasteiger partial charge in [-0.3, -0.25) is 0 Å². The second-order valence-corrected chi connectivity index (χ2v) is 6.33. The molecule has 54 valence electrons. The summed E-state index contributed by atoms with van der Waals surface area (Å²) in [6.45, 7) is 0. The molecule has 0 unspecified atom stereocenters. The highest BCUT2D eigenvalue weighted by atomic mass is 35.7. The van der Waals surface area contributed by atoms with E-state index < -0.39 is 7.42 Å². The van der Waals surface area contributed by atoms with E-state index in [1.165, 1.54) is 6.07 Å². The molecule has 0 bridgehead atoms. The van der Waals surface area contributed by atoms with E-state index in [1.807, 2.05) is 0 Å². The number of rotatable bonds is 1. The summed E-state index contributed by atoms with van der Waals surface area (Å²) in [6.07, 6.45) is 0. The minimum atomic E-state index is -2.00. The van der Waals surface area contributed by atoms with Crippen LogP contribution in [0.2, 0.25) is 0 Å². The summed E-state index contributed by atoms with van der Waals surface area (Å²) in [5.74, 6) is -0.302. The van der Waals surface area contributed by atoms with Gasteiger partial charge in [-0.15, -0.1) is 22.2 Å². The maximum atomic E-state index is 12.7. The Labute approximate surface area is 69.6 Å². The zero-order valence-electron chi connectivity index (χ0n) is 5.02. The molecule has 1 aromatic rings. The van der Waals surface area contributed by atoms with Gasteiger partial charge in [0.25, 0.3) is 7.42 Å². The van der Waals surface area contributed by atoms with E-state index in [1.54, 1.807) is 18.2 Å². The van der Waals surface area contributed by atoms with Gasteiger partial charge in [0.15, 0.2) is 0 Å². The highest BCUT2D eigenvalue weighted by molar-refractivity contribution is 7.39. The predicted octanol–water partition coefficient (Wildman–Crippen LogP) is 1.73. The van der Waals surface area contributed by atoms with Crippen molar-refractivity contribution in [3.05, 3.63) is 30.1 Å². The lowest BCUT2D eigenvalue weighted by Gasteiger charge is -1.98. The molecule has 0 N–H and O–H groups in total. The van der Waals surface area contributed by atoms with Gasteiger partial charge in [0.2, 0.25) is 0 Å². The number of hydrogen-bond donors (Lipinski definition) is 0. The van der Waals surface area contributed by atoms with Gasteiger partial charge >= 0.3 is 0 Å². The quantitative estimate of drug-likeness (QED) is 0.473. The average molecular weight is 195 g/mol. The number of benzene rings is 1. The molecule has 0 aliphatic heterocycles. The molecule has 0 nitrogen and oxygen atoms in total. The van der Waals surface area contributed by atoms with Crippen LogP contribution in [-0.4, -0.2) is 7.42 Å². The van der Waals surface area contributed by atoms with E-state index >= 15 is 0 Å². The molecule has 0 spiro atoms. The van der Waals surface area contributed by atoms with Crippen LogP contribution in [-0.2, 0) is 0 Å². The molecule has 10 heavy (non-hydrogen) atoms. The topological polar surface area (TPSA) is 0 Å². The lowest BCUT2D eigenvalue weighted by molar-refractivity contribution is 0.636. The largest absolute Gasteiger partial charge is 0.269 e. The van der Waals surface area contributed by atoms with E-state index in [2.05, 4.69) is 0 Å². The summed E-state index contributed by atoms with van der Waals surface area (Å²) < 4.78 is 12.7. The van der Waals surface area contributed by atoms with Crippen molar-refractivity contribution in [3.8, 4) is 0 Å². The highest BCUT2D eigenvalue weighted by Gasteiger charge is 2.09. The normalized spacial score (nSPS) is 10.4. The zero-order valence-corrected chi connectivity index (χ0v) is 7.69. The highest BCUT2D eigenvalue weighted by Crippen LogP contribution is 2.01. The predicted molar refractivity (Wildman–Crippen MR) is 44.9 cm³/mol. The fourth-order valence-electron chi connectivity index (χ4n) is 0.652. The van der Waals surface area contributed by atoms with Crippen molar-refractivity contribution in [1.82, 2.24) is 0 Å². The van der Waals surface area contributed by atoms with Crippen LogP contribution < -0.4 is 5.19 Å². The Morgan fingerprint density at radius 1 is 1.20 bits per heavy atom. The lowest BCUT2D eigenvalue weighted by atomic mass is 10.3. The molecule has 1 aromatic carbocycles. The van der Waals surface area contributed by atoms with Crippen LogP contribution in [0.5, 0.6) is 0 Å². The summed E-state index contributed by atoms with van der Waals surface area (Å²) in [7, 11) is -2.00. The Bertz CT molecular complexity index is 227. The first kappa shape index (κ1) is 8.05. The minimum absolute atomic E-state index is 0.302. The standard InChI is InChI=1S/C6H5Cl2FSi/c7-10(8)6-4-2-1-3-5(6)9/h1-4,10H. The molecule has 0 fully saturated rings. The minimum Gasteiger partial charge on any atom is -0.207 e. The zero-order chi connectivity index (χ0) is 7.56. The molecule has 0 radical (unpaired) electrons. The number of hydrogen-bond acceptors (Lipinski definition) is 0. The molecule has 0 aromatic heterocycles. The fraction of sp³-hybridized carbons (Fsp3) is 0. The van der Waals surface area contributed by atoms with Gasteiger partial charge in [-0.2, -0.15) is 0 Å². The molecular formula is C6H5Cl2FSi. The summed E-state index contributed by atoms with van der Waals surface area (Å²) in [5.41, 5.74) is 0. The van der Waals surface area contributed by atoms with E-state index in [0.717, 1.165) is 0 Å². The van der Waals surface area contributed by atoms with Crippen LogP contribution >= 0.6 is 22.2 Å². The van der Waals surface area contributed by atoms with Crippen molar-refractivity contribution in [1.29, 1.82) is 0 Å². The SMILES string of the molecule is Fc1ccccc1[SiH](Cl)Cl. The van der Waals surface area contributed by atoms with Gasteiger partial charge in [-0.1, -0.05) is 18.2 Å². The first-order valence-corrected chi connectivity index (χ1v) is 6.81. The first-order chi connectivity index (χ1) is 4.72. The van der Waals surface area contributed by atoms with E-state index in [4.69, 9.17) is 22.2 Å². The molecule has 0 aliphatic carbocycles. The van der Waals surface area contributed by atoms with Crippen molar-refractivity contribution < 1.29 is 4.39 Å². The third kappa shape index (κ3) is 1.72. The van der Waals surface area contributed by atoms with Crippen molar-refractivity contribution >= 4 is 34.8 Å². The summed E-state index contributed by atoms with van der Waals surface area (Å²) in [4.78, 5) is 0. The average Bonchev–Trinajstić information content (AvgIpc) is 1.88. The molecular weight excluding hydrogens is 190 g/mol. The Morgan fingerprint density at radius 3 is 2.20 bits per heavy atom. The van der Waals surface area contributed by atoms with Crippen molar-refractivity contribution in [2.24, 2.45) is 0 Å². The smallest absolute Gasteiger partial charge is 0.207 e. The van der Waals surface area contributed by atoms with Gasteiger partial charge in [0, 0.05) is 5.19 Å². The van der Waals surface area contributed by atoms with Crippen LogP contribution in [0.3, 0.4) is 0 Å². The molecule has 0 amide bonds. The van der Waals surface area contributed by atoms with Gasteiger partial charge in [0.05, 0.1) is 0 Å². The summed E-state index contributed by atoms with van der Waals surface area (Å²) in [6, 6.07) is 6.32. The molecule has 1 rings (SSSR count). The van der Waals surface area contributed by atoms with Crippen LogP contribution in [0.25, 0.3) is 0 Å². The molecule has 0 atom stereocenters. The van der Waals surface area contributed by atoms with Crippen LogP contribution in [0, 0.1) is 5.82 Å². The van der Waals surface area contributed by atoms with Crippen LogP contribution in [0.1, 0.15) is 0 Å². The molecule has 4 heteroatoms. The fourth-order valence-corrected chi connectivity index (χ4v) is 2.28. The Kier molecular flexibility index (Phi) is 2.71. The van der Waals surface area contributed by atoms with Crippen molar-refractivity contribution in [3.63, 3.8) is 0 Å². The van der Waals surface area contributed by atoms with Gasteiger partial charge in [-0.25, -0.2) is 4.39 Å². The monoisotopic (exact) mass is 194 g/mol. The third-order valence-corrected chi connectivity index (χ3v) is 3.49. The second-order valence-electron chi connectivity index (χ2n) is 1.82. The lowest BCUT2D eigenvalue weighted by Crippen LogP contribution is -2.21. The van der Waals surface area contributed by atoms with Crippen LogP contribution in [0.15, 0.2) is 24.3 Å². The Hall–Kier alpha value is -0.0531. The number of halogens is 3. The first-order valence-electron chi connectivity index (χ1n) is 2.74. The second kappa shape index (κ2) is 3.37. The van der Waals surface area contributed by atoms with Crippen LogP contribution in [0.4, 0.5) is 4.39 Å². The van der Waals surface area contributed by atoms with Gasteiger partial charge in [-0.05, 0) is 6.07 Å². The molecule has 0 saturated carbocycles. The molecule has 0 aliphatic rings. The van der Waals surface area contributed by atoms with Crippen molar-refractivity contribution in [2.45, 2.75) is 0 Å². The van der Waals surface area contributed by atoms with Gasteiger partial charge < -0.3 is 0 Å². The summed E-state index contributed by atoms with van der Waals surface area (Å²) in [5, 5.41) is 0.464. The van der Waals surface area contributed by atoms with E-state index in [0.29, 0.717) is 5.19 Å². The maximum Gasteiger partial charge on any atom is 0.269 e. The Balaban J connectivity index is 3.03. The Morgan fingerprint density at radius 2 is 1.80 bits per heavy atom. The van der Waals surface area contributed by atoms with Crippen molar-refractivity contribution in [2.75, 3.05) is 0 Å². The molecule has 0 heterocycles. The van der Waals surface area contributed by atoms with E-state index in [9.17, 15) is 4.39 Å². The third-order valence-electron chi connectivity index (χ3n) is 1.14. The van der Waals surface area contributed by atoms with E-state index in [-0.39, 0.29) is 5.82 Å². The molecule has 0 saturated heterocycles.